The number of carbonyl (C=O) groups excluding carboxylic acids is 1. The van der Waals surface area contributed by atoms with E-state index in [0.717, 1.165) is 46.3 Å². The number of nitrogens with zero attached hydrogens (tertiary/aromatic N) is 5. The molecular weight excluding hydrogens is 522 g/mol. The lowest BCUT2D eigenvalue weighted by atomic mass is 10.1. The minimum atomic E-state index is -0.504. The number of aromatic nitrogens is 4. The first-order valence-corrected chi connectivity index (χ1v) is 13.1. The van der Waals surface area contributed by atoms with Crippen LogP contribution in [0.4, 0.5) is 5.95 Å². The van der Waals surface area contributed by atoms with E-state index in [-0.39, 0.29) is 5.91 Å². The summed E-state index contributed by atoms with van der Waals surface area (Å²) in [4.78, 5) is 24.9. The van der Waals surface area contributed by atoms with Gasteiger partial charge in [-0.25, -0.2) is 9.97 Å². The molecule has 0 radical (unpaired) electrons. The SMILES string of the molecule is COc1ccc(-c2nc3c4cccc(Br)c4nc(N[C@H](C)C(=O)NCCN4CCCCC4)n3n2)cc1. The molecule has 1 aliphatic rings. The Morgan fingerprint density at radius 2 is 1.89 bits per heavy atom. The van der Waals surface area contributed by atoms with Crippen LogP contribution in [0, 0.1) is 0 Å². The summed E-state index contributed by atoms with van der Waals surface area (Å²) in [6.07, 6.45) is 3.78. The maximum Gasteiger partial charge on any atom is 0.242 e. The number of nitrogens with one attached hydrogen (secondary N) is 2. The van der Waals surface area contributed by atoms with Crippen molar-refractivity contribution in [1.29, 1.82) is 0 Å². The van der Waals surface area contributed by atoms with E-state index in [2.05, 4.69) is 31.5 Å². The highest BCUT2D eigenvalue weighted by molar-refractivity contribution is 9.10. The van der Waals surface area contributed by atoms with Crippen LogP contribution in [0.1, 0.15) is 26.2 Å². The number of anilines is 1. The normalized spacial score (nSPS) is 15.2. The lowest BCUT2D eigenvalue weighted by Crippen LogP contribution is -2.42. The second-order valence-electron chi connectivity index (χ2n) is 9.03. The Balaban J connectivity index is 1.41. The highest BCUT2D eigenvalue weighted by atomic mass is 79.9. The molecule has 1 amide bonds. The van der Waals surface area contributed by atoms with Crippen LogP contribution in [-0.4, -0.2) is 69.7 Å². The van der Waals surface area contributed by atoms with E-state index in [9.17, 15) is 4.79 Å². The van der Waals surface area contributed by atoms with Gasteiger partial charge in [0.1, 0.15) is 11.8 Å². The summed E-state index contributed by atoms with van der Waals surface area (Å²) in [5.74, 6) is 1.70. The van der Waals surface area contributed by atoms with Crippen molar-refractivity contribution in [2.75, 3.05) is 38.6 Å². The third-order valence-corrected chi connectivity index (χ3v) is 7.16. The number of hydrogen-bond acceptors (Lipinski definition) is 7. The molecule has 1 aliphatic heterocycles. The van der Waals surface area contributed by atoms with E-state index in [4.69, 9.17) is 19.8 Å². The van der Waals surface area contributed by atoms with Crippen LogP contribution in [0.5, 0.6) is 5.75 Å². The number of methoxy groups -OCH3 is 1. The number of ether oxygens (including phenoxy) is 1. The molecule has 4 aromatic rings. The van der Waals surface area contributed by atoms with Gasteiger partial charge >= 0.3 is 0 Å². The maximum atomic E-state index is 12.9. The van der Waals surface area contributed by atoms with E-state index in [1.165, 1.54) is 19.3 Å². The zero-order valence-corrected chi connectivity index (χ0v) is 22.1. The number of rotatable bonds is 8. The van der Waals surface area contributed by atoms with Crippen molar-refractivity contribution < 1.29 is 9.53 Å². The van der Waals surface area contributed by atoms with Gasteiger partial charge in [0, 0.05) is 28.5 Å². The average molecular weight is 552 g/mol. The van der Waals surface area contributed by atoms with Crippen LogP contribution in [-0.2, 0) is 4.79 Å². The van der Waals surface area contributed by atoms with Gasteiger partial charge in [0.05, 0.1) is 12.6 Å². The number of hydrogen-bond donors (Lipinski definition) is 2. The molecule has 0 unspecified atom stereocenters. The van der Waals surface area contributed by atoms with E-state index in [1.807, 2.05) is 49.4 Å². The number of benzene rings is 2. The molecular formula is C26H30BrN7O2. The van der Waals surface area contributed by atoms with Crippen LogP contribution in [0.2, 0.25) is 0 Å². The van der Waals surface area contributed by atoms with Gasteiger partial charge < -0.3 is 20.3 Å². The van der Waals surface area contributed by atoms with Gasteiger partial charge in [0.15, 0.2) is 11.5 Å². The summed E-state index contributed by atoms with van der Waals surface area (Å²) >= 11 is 3.61. The van der Waals surface area contributed by atoms with Gasteiger partial charge in [-0.3, -0.25) is 4.79 Å². The summed E-state index contributed by atoms with van der Waals surface area (Å²) in [6.45, 7) is 5.55. The number of halogens is 1. The van der Waals surface area contributed by atoms with Gasteiger partial charge in [-0.2, -0.15) is 4.52 Å². The number of para-hydroxylation sites is 1. The van der Waals surface area contributed by atoms with Crippen molar-refractivity contribution >= 4 is 44.3 Å². The smallest absolute Gasteiger partial charge is 0.242 e. The molecule has 36 heavy (non-hydrogen) atoms. The van der Waals surface area contributed by atoms with Gasteiger partial charge in [-0.1, -0.05) is 12.5 Å². The number of likely N-dealkylation sites (tertiary alicyclic amines) is 1. The number of carbonyl (C=O) groups is 1. The summed E-state index contributed by atoms with van der Waals surface area (Å²) < 4.78 is 7.79. The highest BCUT2D eigenvalue weighted by Gasteiger charge is 2.20. The van der Waals surface area contributed by atoms with Crippen molar-refractivity contribution in [3.05, 3.63) is 46.9 Å². The molecule has 0 saturated carbocycles. The topological polar surface area (TPSA) is 96.7 Å². The van der Waals surface area contributed by atoms with E-state index >= 15 is 0 Å². The minimum Gasteiger partial charge on any atom is -0.497 e. The minimum absolute atomic E-state index is 0.0790. The Morgan fingerprint density at radius 3 is 2.64 bits per heavy atom. The molecule has 1 atom stereocenters. The molecule has 0 aliphatic carbocycles. The summed E-state index contributed by atoms with van der Waals surface area (Å²) in [5, 5.41) is 11.9. The third kappa shape index (κ3) is 5.15. The average Bonchev–Trinajstić information content (AvgIpc) is 3.36. The molecule has 0 spiro atoms. The fourth-order valence-electron chi connectivity index (χ4n) is 4.49. The Kier molecular flexibility index (Phi) is 7.33. The Hall–Kier alpha value is -3.24. The molecule has 2 N–H and O–H groups in total. The van der Waals surface area contributed by atoms with Crippen molar-refractivity contribution in [3.8, 4) is 17.1 Å². The van der Waals surface area contributed by atoms with Crippen molar-refractivity contribution in [3.63, 3.8) is 0 Å². The Morgan fingerprint density at radius 1 is 1.11 bits per heavy atom. The van der Waals surface area contributed by atoms with Crippen LogP contribution in [0.25, 0.3) is 27.9 Å². The lowest BCUT2D eigenvalue weighted by Gasteiger charge is -2.26. The lowest BCUT2D eigenvalue weighted by molar-refractivity contribution is -0.121. The van der Waals surface area contributed by atoms with Gasteiger partial charge in [-0.15, -0.1) is 5.10 Å². The quantitative estimate of drug-likeness (QED) is 0.340. The fourth-order valence-corrected chi connectivity index (χ4v) is 4.94. The van der Waals surface area contributed by atoms with E-state index in [1.54, 1.807) is 11.6 Å². The molecule has 1 saturated heterocycles. The molecule has 3 heterocycles. The molecule has 10 heteroatoms. The maximum absolute atomic E-state index is 12.9. The second kappa shape index (κ2) is 10.8. The van der Waals surface area contributed by atoms with Crippen LogP contribution in [0.3, 0.4) is 0 Å². The fraction of sp³-hybridized carbons (Fsp3) is 0.385. The van der Waals surface area contributed by atoms with Crippen molar-refractivity contribution in [2.45, 2.75) is 32.2 Å². The summed E-state index contributed by atoms with van der Waals surface area (Å²) in [7, 11) is 1.64. The molecule has 0 bridgehead atoms. The molecule has 2 aromatic carbocycles. The summed E-state index contributed by atoms with van der Waals surface area (Å²) in [5.41, 5.74) is 2.27. The first-order chi connectivity index (χ1) is 17.5. The molecule has 188 valence electrons. The van der Waals surface area contributed by atoms with Crippen molar-refractivity contribution in [2.24, 2.45) is 0 Å². The first-order valence-electron chi connectivity index (χ1n) is 12.3. The number of piperidine rings is 1. The van der Waals surface area contributed by atoms with Crippen LogP contribution >= 0.6 is 15.9 Å². The van der Waals surface area contributed by atoms with Gasteiger partial charge in [-0.05, 0) is 85.2 Å². The first kappa shape index (κ1) is 24.5. The zero-order valence-electron chi connectivity index (χ0n) is 20.5. The Bertz CT molecular complexity index is 1370. The highest BCUT2D eigenvalue weighted by Crippen LogP contribution is 2.29. The van der Waals surface area contributed by atoms with E-state index < -0.39 is 6.04 Å². The standard InChI is InChI=1S/C26H30BrN7O2/c1-17(25(35)28-13-16-33-14-4-3-5-15-33)29-26-30-22-20(7-6-8-21(22)27)24-31-23(32-34(24)26)18-9-11-19(36-2)12-10-18/h6-12,17H,3-5,13-16H2,1-2H3,(H,28,35)(H,29,30)/t17-/m1/s1. The van der Waals surface area contributed by atoms with E-state index in [0.29, 0.717) is 24.0 Å². The monoisotopic (exact) mass is 551 g/mol. The predicted octanol–water partition coefficient (Wildman–Crippen LogP) is 4.12. The molecule has 9 nitrogen and oxygen atoms in total. The number of fused-ring (bicyclic) bond motifs is 3. The van der Waals surface area contributed by atoms with Gasteiger partial charge in [0.2, 0.25) is 11.9 Å². The third-order valence-electron chi connectivity index (χ3n) is 6.52. The largest absolute Gasteiger partial charge is 0.497 e. The molecule has 5 rings (SSSR count). The van der Waals surface area contributed by atoms with Crippen LogP contribution in [0.15, 0.2) is 46.9 Å². The Labute approximate surface area is 218 Å². The predicted molar refractivity (Wildman–Crippen MR) is 144 cm³/mol. The van der Waals surface area contributed by atoms with Crippen LogP contribution < -0.4 is 15.4 Å². The molecule has 2 aromatic heterocycles. The molecule has 1 fully saturated rings. The van der Waals surface area contributed by atoms with Crippen molar-refractivity contribution in [1.82, 2.24) is 29.8 Å². The van der Waals surface area contributed by atoms with Gasteiger partial charge in [0.25, 0.3) is 0 Å². The zero-order chi connectivity index (χ0) is 25.1. The second-order valence-corrected chi connectivity index (χ2v) is 9.88. The summed E-state index contributed by atoms with van der Waals surface area (Å²) in [6, 6.07) is 12.9. The number of amides is 1.